The quantitative estimate of drug-likeness (QED) is 0.682. The maximum atomic E-state index is 13.3. The minimum absolute atomic E-state index is 0.121. The first-order valence-electron chi connectivity index (χ1n) is 12.9. The molecule has 3 fully saturated rings. The zero-order chi connectivity index (χ0) is 22.2. The Labute approximate surface area is 200 Å². The molecule has 0 aromatic carbocycles. The minimum atomic E-state index is -0.121. The van der Waals surface area contributed by atoms with Gasteiger partial charge in [-0.15, -0.1) is 11.3 Å². The van der Waals surface area contributed by atoms with E-state index in [2.05, 4.69) is 26.3 Å². The number of piperidine rings is 1. The molecule has 6 rings (SSSR count). The number of carbonyl (C=O) groups excluding carboxylic acids is 1. The maximum absolute atomic E-state index is 13.3. The number of rotatable bonds is 5. The van der Waals surface area contributed by atoms with Crippen molar-refractivity contribution in [3.63, 3.8) is 0 Å². The molecule has 0 radical (unpaired) electrons. The fourth-order valence-electron chi connectivity index (χ4n) is 6.08. The lowest BCUT2D eigenvalue weighted by molar-refractivity contribution is -0.133. The van der Waals surface area contributed by atoms with Gasteiger partial charge >= 0.3 is 0 Å². The number of carbonyl (C=O) groups is 1. The van der Waals surface area contributed by atoms with Crippen molar-refractivity contribution in [1.29, 1.82) is 0 Å². The van der Waals surface area contributed by atoms with Crippen molar-refractivity contribution in [2.75, 3.05) is 29.9 Å². The van der Waals surface area contributed by atoms with Gasteiger partial charge in [0.1, 0.15) is 11.9 Å². The molecule has 2 aromatic heterocycles. The van der Waals surface area contributed by atoms with Gasteiger partial charge in [0.15, 0.2) is 5.13 Å². The van der Waals surface area contributed by atoms with Crippen molar-refractivity contribution in [3.05, 3.63) is 22.3 Å². The second kappa shape index (κ2) is 9.20. The Morgan fingerprint density at radius 3 is 2.64 bits per heavy atom. The Hall–Kier alpha value is -2.22. The highest BCUT2D eigenvalue weighted by Crippen LogP contribution is 2.39. The van der Waals surface area contributed by atoms with Crippen LogP contribution in [0.5, 0.6) is 0 Å². The molecule has 1 N–H and O–H groups in total. The Bertz CT molecular complexity index is 1010. The highest BCUT2D eigenvalue weighted by atomic mass is 32.1. The molecule has 33 heavy (non-hydrogen) atoms. The molecule has 4 heterocycles. The van der Waals surface area contributed by atoms with Crippen LogP contribution >= 0.6 is 11.3 Å². The average Bonchev–Trinajstić information content (AvgIpc) is 3.65. The number of fused-ring (bicyclic) bond motifs is 1. The predicted octanol–water partition coefficient (Wildman–Crippen LogP) is 4.80. The molecular weight excluding hydrogens is 432 g/mol. The summed E-state index contributed by atoms with van der Waals surface area (Å²) in [4.78, 5) is 33.6. The van der Waals surface area contributed by atoms with Crippen LogP contribution in [-0.4, -0.2) is 51.4 Å². The second-order valence-electron chi connectivity index (χ2n) is 10.1. The highest BCUT2D eigenvalue weighted by Gasteiger charge is 2.36. The fourth-order valence-corrected chi connectivity index (χ4v) is 7.07. The van der Waals surface area contributed by atoms with Crippen LogP contribution in [-0.2, 0) is 17.6 Å². The van der Waals surface area contributed by atoms with E-state index in [0.717, 1.165) is 87.2 Å². The number of aryl methyl sites for hydroxylation is 1. The van der Waals surface area contributed by atoms with Gasteiger partial charge in [0, 0.05) is 36.3 Å². The summed E-state index contributed by atoms with van der Waals surface area (Å²) in [5, 5.41) is 4.48. The smallest absolute Gasteiger partial charge is 0.245 e. The van der Waals surface area contributed by atoms with E-state index in [9.17, 15) is 4.79 Å². The zero-order valence-corrected chi connectivity index (χ0v) is 20.2. The summed E-state index contributed by atoms with van der Waals surface area (Å²) in [6, 6.07) is -0.121. The number of amides is 1. The van der Waals surface area contributed by atoms with Gasteiger partial charge in [0.2, 0.25) is 11.9 Å². The third-order valence-corrected chi connectivity index (χ3v) is 8.97. The number of nitrogens with zero attached hydrogens (tertiary/aromatic N) is 5. The standard InChI is InChI=1S/C25H34N6OS/c32-23(30-13-4-1-5-14-30)20-12-7-15-31(20)24-27-19-11-6-10-18(19)22(28-24)29-25-26-16-21(33-25)17-8-2-3-9-17/h16-17,20H,1-15H2,(H,26,27,28,29)/t20-/m0/s1. The molecule has 1 saturated carbocycles. The molecule has 2 aromatic rings. The van der Waals surface area contributed by atoms with Crippen LogP contribution < -0.4 is 10.2 Å². The summed E-state index contributed by atoms with van der Waals surface area (Å²) in [5.41, 5.74) is 2.38. The molecular formula is C25H34N6OS. The number of anilines is 3. The lowest BCUT2D eigenvalue weighted by Crippen LogP contribution is -2.48. The van der Waals surface area contributed by atoms with Crippen molar-refractivity contribution in [2.24, 2.45) is 0 Å². The van der Waals surface area contributed by atoms with E-state index in [0.29, 0.717) is 5.92 Å². The summed E-state index contributed by atoms with van der Waals surface area (Å²) in [6.07, 6.45) is 15.8. The van der Waals surface area contributed by atoms with Crippen LogP contribution in [0, 0.1) is 0 Å². The van der Waals surface area contributed by atoms with Gasteiger partial charge in [0.25, 0.3) is 0 Å². The van der Waals surface area contributed by atoms with Gasteiger partial charge < -0.3 is 15.1 Å². The summed E-state index contributed by atoms with van der Waals surface area (Å²) in [7, 11) is 0. The van der Waals surface area contributed by atoms with Gasteiger partial charge in [-0.1, -0.05) is 12.8 Å². The Kier molecular flexibility index (Phi) is 5.94. The van der Waals surface area contributed by atoms with E-state index < -0.39 is 0 Å². The number of nitrogens with one attached hydrogen (secondary N) is 1. The minimum Gasteiger partial charge on any atom is -0.341 e. The van der Waals surface area contributed by atoms with Crippen LogP contribution in [0.25, 0.3) is 0 Å². The number of likely N-dealkylation sites (tertiary alicyclic amines) is 1. The third kappa shape index (κ3) is 4.22. The second-order valence-corrected chi connectivity index (χ2v) is 11.1. The molecule has 0 bridgehead atoms. The summed E-state index contributed by atoms with van der Waals surface area (Å²) < 4.78 is 0. The number of hydrogen-bond donors (Lipinski definition) is 1. The summed E-state index contributed by atoms with van der Waals surface area (Å²) in [6.45, 7) is 2.65. The van der Waals surface area contributed by atoms with Crippen LogP contribution in [0.2, 0.25) is 0 Å². The first-order valence-corrected chi connectivity index (χ1v) is 13.8. The fraction of sp³-hybridized carbons (Fsp3) is 0.680. The molecule has 2 saturated heterocycles. The van der Waals surface area contributed by atoms with Crippen LogP contribution in [0.4, 0.5) is 16.9 Å². The van der Waals surface area contributed by atoms with E-state index in [1.165, 1.54) is 42.5 Å². The Balaban J connectivity index is 1.25. The first-order chi connectivity index (χ1) is 16.3. The molecule has 1 amide bonds. The molecule has 7 nitrogen and oxygen atoms in total. The zero-order valence-electron chi connectivity index (χ0n) is 19.4. The first kappa shape index (κ1) is 21.3. The maximum Gasteiger partial charge on any atom is 0.245 e. The van der Waals surface area contributed by atoms with Crippen molar-refractivity contribution in [1.82, 2.24) is 19.9 Å². The van der Waals surface area contributed by atoms with E-state index in [1.54, 1.807) is 11.3 Å². The molecule has 4 aliphatic rings. The molecule has 2 aliphatic carbocycles. The van der Waals surface area contributed by atoms with E-state index in [-0.39, 0.29) is 11.9 Å². The van der Waals surface area contributed by atoms with Gasteiger partial charge in [-0.25, -0.2) is 9.97 Å². The monoisotopic (exact) mass is 466 g/mol. The molecule has 1 atom stereocenters. The van der Waals surface area contributed by atoms with E-state index in [1.807, 2.05) is 0 Å². The summed E-state index contributed by atoms with van der Waals surface area (Å²) >= 11 is 1.78. The van der Waals surface area contributed by atoms with Gasteiger partial charge in [-0.3, -0.25) is 4.79 Å². The van der Waals surface area contributed by atoms with E-state index >= 15 is 0 Å². The Morgan fingerprint density at radius 1 is 0.939 bits per heavy atom. The van der Waals surface area contributed by atoms with Crippen molar-refractivity contribution in [3.8, 4) is 0 Å². The summed E-state index contributed by atoms with van der Waals surface area (Å²) in [5.74, 6) is 2.57. The highest BCUT2D eigenvalue weighted by molar-refractivity contribution is 7.15. The van der Waals surface area contributed by atoms with Crippen molar-refractivity contribution in [2.45, 2.75) is 89.0 Å². The van der Waals surface area contributed by atoms with Crippen molar-refractivity contribution >= 4 is 34.1 Å². The third-order valence-electron chi connectivity index (χ3n) is 7.89. The van der Waals surface area contributed by atoms with Crippen LogP contribution in [0.3, 0.4) is 0 Å². The van der Waals surface area contributed by atoms with Crippen LogP contribution in [0.1, 0.15) is 86.3 Å². The number of thiazole rings is 1. The predicted molar refractivity (Wildman–Crippen MR) is 131 cm³/mol. The molecule has 8 heteroatoms. The molecule has 0 spiro atoms. The topological polar surface area (TPSA) is 74.2 Å². The van der Waals surface area contributed by atoms with Gasteiger partial charge in [-0.05, 0) is 70.1 Å². The Morgan fingerprint density at radius 2 is 1.79 bits per heavy atom. The largest absolute Gasteiger partial charge is 0.341 e. The number of hydrogen-bond acceptors (Lipinski definition) is 7. The average molecular weight is 467 g/mol. The number of aromatic nitrogens is 3. The SMILES string of the molecule is O=C([C@@H]1CCCN1c1nc2c(c(Nc3ncc(C4CCCC4)s3)n1)CCC2)N1CCCCC1. The lowest BCUT2D eigenvalue weighted by atomic mass is 10.1. The molecule has 0 unspecified atom stereocenters. The molecule has 176 valence electrons. The van der Waals surface area contributed by atoms with Gasteiger partial charge in [-0.2, -0.15) is 4.98 Å². The van der Waals surface area contributed by atoms with Crippen molar-refractivity contribution < 1.29 is 4.79 Å². The van der Waals surface area contributed by atoms with E-state index in [4.69, 9.17) is 9.97 Å². The van der Waals surface area contributed by atoms with Gasteiger partial charge in [0.05, 0.1) is 5.69 Å². The van der Waals surface area contributed by atoms with Crippen LogP contribution in [0.15, 0.2) is 6.20 Å². The lowest BCUT2D eigenvalue weighted by Gasteiger charge is -2.32. The normalized spacial score (nSPS) is 23.3. The molecule has 2 aliphatic heterocycles.